The van der Waals surface area contributed by atoms with Crippen LogP contribution in [0.5, 0.6) is 0 Å². The van der Waals surface area contributed by atoms with Crippen molar-refractivity contribution in [2.75, 3.05) is 25.5 Å². The molecule has 3 N–H and O–H groups in total. The van der Waals surface area contributed by atoms with E-state index in [0.29, 0.717) is 0 Å². The molecule has 0 radical (unpaired) electrons. The van der Waals surface area contributed by atoms with E-state index in [2.05, 4.69) is 15.5 Å². The van der Waals surface area contributed by atoms with Crippen LogP contribution in [0.2, 0.25) is 0 Å². The van der Waals surface area contributed by atoms with Crippen molar-refractivity contribution in [1.82, 2.24) is 15.1 Å². The van der Waals surface area contributed by atoms with Gasteiger partial charge in [0, 0.05) is 6.04 Å². The summed E-state index contributed by atoms with van der Waals surface area (Å²) in [5.74, 6) is -0.111. The minimum Gasteiger partial charge on any atom is -0.395 e. The molecule has 0 saturated heterocycles. The van der Waals surface area contributed by atoms with Crippen LogP contribution in [0.15, 0.2) is 0 Å². The van der Waals surface area contributed by atoms with Crippen LogP contribution < -0.4 is 5.32 Å². The number of rotatable bonds is 5. The van der Waals surface area contributed by atoms with E-state index < -0.39 is 0 Å². The lowest BCUT2D eigenvalue weighted by Crippen LogP contribution is -2.38. The zero-order valence-corrected chi connectivity index (χ0v) is 10.7. The minimum atomic E-state index is -0.111. The van der Waals surface area contributed by atoms with Crippen molar-refractivity contribution in [2.45, 2.75) is 26.8 Å². The highest BCUT2D eigenvalue weighted by Crippen LogP contribution is 2.15. The Labute approximate surface area is 101 Å². The molecule has 17 heavy (non-hydrogen) atoms. The summed E-state index contributed by atoms with van der Waals surface area (Å²) in [4.78, 5) is 13.6. The molecule has 1 amide bonds. The van der Waals surface area contributed by atoms with Crippen LogP contribution in [-0.4, -0.2) is 52.4 Å². The quantitative estimate of drug-likeness (QED) is 0.690. The summed E-state index contributed by atoms with van der Waals surface area (Å²) in [5.41, 5.74) is 2.35. The summed E-state index contributed by atoms with van der Waals surface area (Å²) >= 11 is 0. The lowest BCUT2D eigenvalue weighted by molar-refractivity contribution is -0.117. The second-order valence-corrected chi connectivity index (χ2v) is 4.30. The fourth-order valence-corrected chi connectivity index (χ4v) is 1.44. The smallest absolute Gasteiger partial charge is 0.238 e. The third-order valence-corrected chi connectivity index (χ3v) is 2.80. The van der Waals surface area contributed by atoms with Crippen molar-refractivity contribution in [3.8, 4) is 0 Å². The number of likely N-dealkylation sites (N-methyl/N-ethyl adjacent to an activating group) is 1. The highest BCUT2D eigenvalue weighted by atomic mass is 16.3. The first-order chi connectivity index (χ1) is 7.95. The van der Waals surface area contributed by atoms with Gasteiger partial charge in [-0.3, -0.25) is 14.8 Å². The molecule has 0 spiro atoms. The number of aromatic nitrogens is 2. The summed E-state index contributed by atoms with van der Waals surface area (Å²) in [6.45, 7) is 5.83. The number of anilines is 1. The van der Waals surface area contributed by atoms with Crippen LogP contribution in [0.4, 0.5) is 5.69 Å². The van der Waals surface area contributed by atoms with Crippen molar-refractivity contribution in [3.63, 3.8) is 0 Å². The van der Waals surface area contributed by atoms with E-state index in [1.807, 2.05) is 20.8 Å². The first-order valence-electron chi connectivity index (χ1n) is 5.58. The summed E-state index contributed by atoms with van der Waals surface area (Å²) < 4.78 is 0. The predicted octanol–water partition coefficient (Wildman–Crippen LogP) is 0.278. The standard InChI is InChI=1S/C11H20N4O2/c1-7(6-16)15(4)5-10(17)12-11-8(2)13-14-9(11)3/h7,16H,5-6H2,1-4H3,(H,12,17)(H,13,14). The van der Waals surface area contributed by atoms with Gasteiger partial charge in [0.25, 0.3) is 0 Å². The largest absolute Gasteiger partial charge is 0.395 e. The normalized spacial score (nSPS) is 12.8. The molecule has 0 aliphatic heterocycles. The maximum atomic E-state index is 11.8. The monoisotopic (exact) mass is 240 g/mol. The number of amides is 1. The van der Waals surface area contributed by atoms with Gasteiger partial charge in [-0.1, -0.05) is 0 Å². The lowest BCUT2D eigenvalue weighted by atomic mass is 10.3. The lowest BCUT2D eigenvalue weighted by Gasteiger charge is -2.21. The summed E-state index contributed by atoms with van der Waals surface area (Å²) in [5, 5.41) is 18.6. The molecule has 1 aromatic rings. The van der Waals surface area contributed by atoms with Gasteiger partial charge in [0.15, 0.2) is 0 Å². The van der Waals surface area contributed by atoms with Gasteiger partial charge in [-0.15, -0.1) is 0 Å². The molecule has 1 rings (SSSR count). The van der Waals surface area contributed by atoms with Crippen LogP contribution in [0.1, 0.15) is 18.3 Å². The molecule has 6 nitrogen and oxygen atoms in total. The number of H-pyrrole nitrogens is 1. The number of aryl methyl sites for hydroxylation is 2. The second-order valence-electron chi connectivity index (χ2n) is 4.30. The van der Waals surface area contributed by atoms with Crippen molar-refractivity contribution in [3.05, 3.63) is 11.4 Å². The molecule has 1 heterocycles. The number of nitrogens with zero attached hydrogens (tertiary/aromatic N) is 2. The van der Waals surface area contributed by atoms with E-state index in [9.17, 15) is 4.79 Å². The van der Waals surface area contributed by atoms with Crippen LogP contribution >= 0.6 is 0 Å². The predicted molar refractivity (Wildman–Crippen MR) is 65.9 cm³/mol. The Balaban J connectivity index is 2.56. The molecular weight excluding hydrogens is 220 g/mol. The fraction of sp³-hybridized carbons (Fsp3) is 0.636. The number of carbonyl (C=O) groups is 1. The Bertz CT molecular complexity index is 369. The number of nitrogens with one attached hydrogen (secondary N) is 2. The van der Waals surface area contributed by atoms with Gasteiger partial charge < -0.3 is 10.4 Å². The molecule has 1 unspecified atom stereocenters. The fourth-order valence-electron chi connectivity index (χ4n) is 1.44. The van der Waals surface area contributed by atoms with Crippen molar-refractivity contribution in [1.29, 1.82) is 0 Å². The van der Waals surface area contributed by atoms with Gasteiger partial charge in [-0.2, -0.15) is 5.10 Å². The number of hydrogen-bond acceptors (Lipinski definition) is 4. The van der Waals surface area contributed by atoms with Crippen LogP contribution in [0.3, 0.4) is 0 Å². The Morgan fingerprint density at radius 3 is 2.71 bits per heavy atom. The first kappa shape index (κ1) is 13.7. The van der Waals surface area contributed by atoms with Crippen LogP contribution in [0.25, 0.3) is 0 Å². The van der Waals surface area contributed by atoms with Crippen LogP contribution in [0, 0.1) is 13.8 Å². The van der Waals surface area contributed by atoms with E-state index in [4.69, 9.17) is 5.11 Å². The van der Waals surface area contributed by atoms with E-state index in [1.54, 1.807) is 11.9 Å². The molecule has 0 aliphatic carbocycles. The number of aliphatic hydroxyl groups is 1. The SMILES string of the molecule is Cc1n[nH]c(C)c1NC(=O)CN(C)C(C)CO. The topological polar surface area (TPSA) is 81.2 Å². The number of hydrogen-bond donors (Lipinski definition) is 3. The third kappa shape index (κ3) is 3.54. The van der Waals surface area contributed by atoms with E-state index in [-0.39, 0.29) is 25.1 Å². The summed E-state index contributed by atoms with van der Waals surface area (Å²) in [7, 11) is 1.80. The second kappa shape index (κ2) is 5.79. The van der Waals surface area contributed by atoms with E-state index in [0.717, 1.165) is 17.1 Å². The molecule has 0 bridgehead atoms. The van der Waals surface area contributed by atoms with E-state index in [1.165, 1.54) is 0 Å². The summed E-state index contributed by atoms with van der Waals surface area (Å²) in [6.07, 6.45) is 0. The van der Waals surface area contributed by atoms with Gasteiger partial charge in [-0.25, -0.2) is 0 Å². The molecule has 6 heteroatoms. The molecule has 1 atom stereocenters. The van der Waals surface area contributed by atoms with Crippen molar-refractivity contribution in [2.24, 2.45) is 0 Å². The number of carbonyl (C=O) groups excluding carboxylic acids is 1. The van der Waals surface area contributed by atoms with Crippen molar-refractivity contribution < 1.29 is 9.90 Å². The Hall–Kier alpha value is -1.40. The van der Waals surface area contributed by atoms with Gasteiger partial charge >= 0.3 is 0 Å². The zero-order valence-electron chi connectivity index (χ0n) is 10.7. The maximum Gasteiger partial charge on any atom is 0.238 e. The Morgan fingerprint density at radius 1 is 1.59 bits per heavy atom. The van der Waals surface area contributed by atoms with E-state index >= 15 is 0 Å². The first-order valence-corrected chi connectivity index (χ1v) is 5.58. The number of aliphatic hydroxyl groups excluding tert-OH is 1. The van der Waals surface area contributed by atoms with Gasteiger partial charge in [0.05, 0.1) is 30.2 Å². The molecule has 0 aromatic carbocycles. The molecule has 1 aromatic heterocycles. The Kier molecular flexibility index (Phi) is 4.65. The molecule has 0 saturated carbocycles. The van der Waals surface area contributed by atoms with Gasteiger partial charge in [0.1, 0.15) is 0 Å². The van der Waals surface area contributed by atoms with Gasteiger partial charge in [-0.05, 0) is 27.8 Å². The minimum absolute atomic E-state index is 0.0349. The molecule has 0 fully saturated rings. The average Bonchev–Trinajstić information content (AvgIpc) is 2.59. The Morgan fingerprint density at radius 2 is 2.24 bits per heavy atom. The number of aromatic amines is 1. The maximum absolute atomic E-state index is 11.8. The summed E-state index contributed by atoms with van der Waals surface area (Å²) in [6, 6.07) is -0.0349. The molecular formula is C11H20N4O2. The highest BCUT2D eigenvalue weighted by Gasteiger charge is 2.14. The third-order valence-electron chi connectivity index (χ3n) is 2.80. The average molecular weight is 240 g/mol. The highest BCUT2D eigenvalue weighted by molar-refractivity contribution is 5.93. The zero-order chi connectivity index (χ0) is 13.0. The molecule has 0 aliphatic rings. The van der Waals surface area contributed by atoms with Crippen LogP contribution in [-0.2, 0) is 4.79 Å². The molecule has 96 valence electrons. The van der Waals surface area contributed by atoms with Gasteiger partial charge in [0.2, 0.25) is 5.91 Å². The van der Waals surface area contributed by atoms with Crippen molar-refractivity contribution >= 4 is 11.6 Å².